The molecule has 0 aliphatic carbocycles. The lowest BCUT2D eigenvalue weighted by molar-refractivity contribution is -0.141. The fraction of sp³-hybridized carbons (Fsp3) is 0.647. The minimum Gasteiger partial charge on any atom is -0.462 e. The highest BCUT2D eigenvalue weighted by molar-refractivity contribution is 7.98. The topological polar surface area (TPSA) is 158 Å². The molecular formula is C51H82O12S. The third-order valence-electron chi connectivity index (χ3n) is 10.4. The van der Waals surface area contributed by atoms with Gasteiger partial charge in [-0.05, 0) is 74.5 Å². The Bertz CT molecular complexity index is 1500. The molecule has 13 heteroatoms. The Morgan fingerprint density at radius 1 is 0.562 bits per heavy atom. The highest BCUT2D eigenvalue weighted by Crippen LogP contribution is 2.25. The average molecular weight is 919 g/mol. The van der Waals surface area contributed by atoms with Crippen LogP contribution in [0.3, 0.4) is 0 Å². The van der Waals surface area contributed by atoms with Crippen LogP contribution in [0, 0.1) is 17.8 Å². The van der Waals surface area contributed by atoms with Crippen LogP contribution in [-0.2, 0) is 68.4 Å². The quantitative estimate of drug-likeness (QED) is 0.0485. The third-order valence-corrected chi connectivity index (χ3v) is 11.6. The number of hydrogen-bond acceptors (Lipinski definition) is 13. The first-order valence-corrected chi connectivity index (χ1v) is 23.5. The molecule has 0 saturated carbocycles. The van der Waals surface area contributed by atoms with Crippen molar-refractivity contribution in [3.8, 4) is 0 Å². The zero-order valence-corrected chi connectivity index (χ0v) is 42.0. The highest BCUT2D eigenvalue weighted by Gasteiger charge is 2.24. The summed E-state index contributed by atoms with van der Waals surface area (Å²) >= 11 is 1.83. The van der Waals surface area contributed by atoms with Gasteiger partial charge >= 0.3 is 11.9 Å². The summed E-state index contributed by atoms with van der Waals surface area (Å²) in [5.41, 5.74) is 4.17. The Labute approximate surface area is 390 Å². The van der Waals surface area contributed by atoms with Gasteiger partial charge in [0.1, 0.15) is 17.3 Å². The van der Waals surface area contributed by atoms with Crippen LogP contribution in [0.25, 0.3) is 0 Å². The number of ketones is 4. The molecule has 64 heavy (non-hydrogen) atoms. The Balaban J connectivity index is 0. The standard InChI is InChI=1S/C26H42O8.C18H28O2S.C7H12O2/c1-7-23(27)21(13-17-33-25(29)19(3)11-15-31-5)9-10-22(24(28)8-2)14-18-34-26(30)20(4)12-16-32-6;1-14(19)16(10-11-20-5)13-21-12-15-6-8-17(9-7-15)18(2,3)4;1-6(7(2)8)4-5-9-3/h21-22H,3-4,7-18H2,1-2,5-6H3;6-9,16H,10-13H2,1-5H3;1,4-5H2,2-3H3. The van der Waals surface area contributed by atoms with E-state index in [-0.39, 0.29) is 59.5 Å². The molecule has 0 N–H and O–H groups in total. The van der Waals surface area contributed by atoms with E-state index in [9.17, 15) is 28.8 Å². The smallest absolute Gasteiger partial charge is 0.333 e. The molecule has 0 aliphatic rings. The first-order chi connectivity index (χ1) is 30.2. The van der Waals surface area contributed by atoms with Gasteiger partial charge < -0.3 is 28.4 Å². The van der Waals surface area contributed by atoms with Gasteiger partial charge in [-0.2, -0.15) is 11.8 Å². The largest absolute Gasteiger partial charge is 0.462 e. The molecule has 0 fully saturated rings. The second-order valence-corrected chi connectivity index (χ2v) is 17.6. The molecule has 0 aliphatic heterocycles. The van der Waals surface area contributed by atoms with Gasteiger partial charge in [-0.25, -0.2) is 9.59 Å². The van der Waals surface area contributed by atoms with E-state index < -0.39 is 11.9 Å². The zero-order valence-electron chi connectivity index (χ0n) is 41.2. The van der Waals surface area contributed by atoms with Crippen LogP contribution in [0.2, 0.25) is 0 Å². The third kappa shape index (κ3) is 30.4. The van der Waals surface area contributed by atoms with Gasteiger partial charge in [0.25, 0.3) is 0 Å². The van der Waals surface area contributed by atoms with E-state index in [0.29, 0.717) is 101 Å². The van der Waals surface area contributed by atoms with Crippen molar-refractivity contribution in [1.82, 2.24) is 0 Å². The molecule has 1 rings (SSSR count). The SMILES string of the molecule is C=C(CCOC)C(=O)OCCC(CCC(CCOC(=O)C(=C)CCOC)C(=O)CC)C(=O)CC.C=C(CCOC)C(C)=O.COCCC(CSCc1ccc(C(C)(C)C)cc1)C(C)=O. The lowest BCUT2D eigenvalue weighted by Crippen LogP contribution is -2.22. The Hall–Kier alpha value is -3.75. The molecule has 1 aromatic carbocycles. The van der Waals surface area contributed by atoms with Crippen LogP contribution in [-0.4, -0.2) is 109 Å². The second kappa shape index (κ2) is 37.5. The molecule has 364 valence electrons. The van der Waals surface area contributed by atoms with E-state index in [4.69, 9.17) is 28.4 Å². The van der Waals surface area contributed by atoms with E-state index in [0.717, 1.165) is 17.9 Å². The molecular weight excluding hydrogens is 837 g/mol. The monoisotopic (exact) mass is 919 g/mol. The number of hydrogen-bond donors (Lipinski definition) is 0. The van der Waals surface area contributed by atoms with Crippen LogP contribution in [0.15, 0.2) is 60.7 Å². The average Bonchev–Trinajstić information content (AvgIpc) is 3.27. The van der Waals surface area contributed by atoms with Gasteiger partial charge in [0.15, 0.2) is 5.78 Å². The molecule has 0 bridgehead atoms. The molecule has 1 aromatic rings. The van der Waals surface area contributed by atoms with Crippen LogP contribution in [0.4, 0.5) is 0 Å². The maximum Gasteiger partial charge on any atom is 0.333 e. The minimum atomic E-state index is -0.493. The number of benzene rings is 1. The number of carbonyl (C=O) groups excluding carboxylic acids is 6. The lowest BCUT2D eigenvalue weighted by atomic mass is 9.86. The predicted octanol–water partition coefficient (Wildman–Crippen LogP) is 9.64. The predicted molar refractivity (Wildman–Crippen MR) is 258 cm³/mol. The molecule has 3 atom stereocenters. The summed E-state index contributed by atoms with van der Waals surface area (Å²) in [5, 5.41) is 0. The van der Waals surface area contributed by atoms with E-state index in [1.54, 1.807) is 49.2 Å². The van der Waals surface area contributed by atoms with E-state index in [1.165, 1.54) is 18.1 Å². The van der Waals surface area contributed by atoms with Crippen molar-refractivity contribution < 1.29 is 57.2 Å². The van der Waals surface area contributed by atoms with Crippen LogP contribution in [0.5, 0.6) is 0 Å². The Morgan fingerprint density at radius 2 is 0.953 bits per heavy atom. The molecule has 0 radical (unpaired) electrons. The van der Waals surface area contributed by atoms with Gasteiger partial charge in [0.2, 0.25) is 0 Å². The van der Waals surface area contributed by atoms with Gasteiger partial charge in [0.05, 0.1) is 33.0 Å². The molecule has 0 aromatic heterocycles. The maximum atomic E-state index is 12.4. The summed E-state index contributed by atoms with van der Waals surface area (Å²) in [6, 6.07) is 8.82. The van der Waals surface area contributed by atoms with Gasteiger partial charge in [0, 0.05) is 101 Å². The van der Waals surface area contributed by atoms with Crippen molar-refractivity contribution in [2.24, 2.45) is 17.8 Å². The van der Waals surface area contributed by atoms with Crippen LogP contribution >= 0.6 is 11.8 Å². The summed E-state index contributed by atoms with van der Waals surface area (Å²) < 4.78 is 30.2. The lowest BCUT2D eigenvalue weighted by Gasteiger charge is -2.20. The number of esters is 2. The van der Waals surface area contributed by atoms with Crippen LogP contribution < -0.4 is 0 Å². The highest BCUT2D eigenvalue weighted by atomic mass is 32.2. The summed E-state index contributed by atoms with van der Waals surface area (Å²) in [7, 11) is 6.37. The number of thioether (sulfide) groups is 1. The normalized spacial score (nSPS) is 12.2. The molecule has 0 saturated heterocycles. The fourth-order valence-electron chi connectivity index (χ4n) is 5.84. The van der Waals surface area contributed by atoms with Gasteiger partial charge in [-0.1, -0.05) is 78.6 Å². The number of carbonyl (C=O) groups is 6. The van der Waals surface area contributed by atoms with Crippen molar-refractivity contribution >= 4 is 46.8 Å². The zero-order chi connectivity index (χ0) is 49.1. The van der Waals surface area contributed by atoms with E-state index >= 15 is 0 Å². The summed E-state index contributed by atoms with van der Waals surface area (Å²) in [6.45, 7) is 26.6. The van der Waals surface area contributed by atoms with Gasteiger partial charge in [-0.15, -0.1) is 0 Å². The Kier molecular flexibility index (Phi) is 36.5. The fourth-order valence-corrected chi connectivity index (χ4v) is 7.08. The first kappa shape index (κ1) is 62.3. The minimum absolute atomic E-state index is 0.0482. The van der Waals surface area contributed by atoms with Crippen molar-refractivity contribution in [1.29, 1.82) is 0 Å². The van der Waals surface area contributed by atoms with E-state index in [2.05, 4.69) is 64.8 Å². The summed E-state index contributed by atoms with van der Waals surface area (Å²) in [5.74, 6) is 0.789. The number of ether oxygens (including phenoxy) is 6. The van der Waals surface area contributed by atoms with Crippen molar-refractivity contribution in [2.45, 2.75) is 124 Å². The summed E-state index contributed by atoms with van der Waals surface area (Å²) in [4.78, 5) is 70.9. The molecule has 0 heterocycles. The second-order valence-electron chi connectivity index (χ2n) is 16.6. The van der Waals surface area contributed by atoms with E-state index in [1.807, 2.05) is 11.8 Å². The molecule has 0 amide bonds. The van der Waals surface area contributed by atoms with Crippen molar-refractivity contribution in [3.63, 3.8) is 0 Å². The van der Waals surface area contributed by atoms with Crippen molar-refractivity contribution in [2.75, 3.05) is 73.8 Å². The maximum absolute atomic E-state index is 12.4. The Morgan fingerprint density at radius 3 is 1.30 bits per heavy atom. The molecule has 3 unspecified atom stereocenters. The first-order valence-electron chi connectivity index (χ1n) is 22.3. The van der Waals surface area contributed by atoms with Gasteiger partial charge in [-0.3, -0.25) is 19.2 Å². The number of Topliss-reactive ketones (excluding diaryl/α,β-unsaturated/α-hetero) is 4. The van der Waals surface area contributed by atoms with Crippen LogP contribution in [0.1, 0.15) is 124 Å². The van der Waals surface area contributed by atoms with Crippen molar-refractivity contribution in [3.05, 3.63) is 71.8 Å². The molecule has 0 spiro atoms. The molecule has 12 nitrogen and oxygen atoms in total. The number of rotatable bonds is 33. The summed E-state index contributed by atoms with van der Waals surface area (Å²) in [6.07, 6.45) is 4.75. The number of methoxy groups -OCH3 is 4.